The Morgan fingerprint density at radius 2 is 1.88 bits per heavy atom. The van der Waals surface area contributed by atoms with E-state index in [-0.39, 0.29) is 5.91 Å². The number of benzene rings is 2. The molecule has 8 nitrogen and oxygen atoms in total. The molecule has 0 fully saturated rings. The summed E-state index contributed by atoms with van der Waals surface area (Å²) in [5, 5.41) is 19.3. The van der Waals surface area contributed by atoms with Crippen molar-refractivity contribution in [2.75, 3.05) is 0 Å². The summed E-state index contributed by atoms with van der Waals surface area (Å²) in [5.74, 6) is 0.321. The normalized spacial score (nSPS) is 10.2. The Morgan fingerprint density at radius 1 is 1.08 bits per heavy atom. The molecule has 0 bridgehead atoms. The summed E-state index contributed by atoms with van der Waals surface area (Å²) >= 11 is 0. The van der Waals surface area contributed by atoms with E-state index >= 15 is 0 Å². The molecule has 0 radical (unpaired) electrons. The van der Waals surface area contributed by atoms with Crippen molar-refractivity contribution in [3.63, 3.8) is 0 Å². The Morgan fingerprint density at radius 3 is 2.64 bits per heavy atom. The Hall–Kier alpha value is -3.55. The largest absolute Gasteiger partial charge is 0.355 e. The third kappa shape index (κ3) is 4.25. The van der Waals surface area contributed by atoms with Crippen LogP contribution in [0.1, 0.15) is 21.5 Å². The zero-order chi connectivity index (χ0) is 17.5. The molecule has 0 unspecified atom stereocenters. The number of nitrogens with one attached hydrogen (secondary N) is 3. The average molecular weight is 336 g/mol. The van der Waals surface area contributed by atoms with Crippen molar-refractivity contribution < 1.29 is 9.59 Å². The van der Waals surface area contributed by atoms with Crippen molar-refractivity contribution in [1.29, 1.82) is 0 Å². The summed E-state index contributed by atoms with van der Waals surface area (Å²) in [5.41, 5.74) is 3.15. The number of rotatable bonds is 7. The van der Waals surface area contributed by atoms with Gasteiger partial charge in [0.25, 0.3) is 5.91 Å². The van der Waals surface area contributed by atoms with Crippen molar-refractivity contribution in [3.05, 3.63) is 65.2 Å². The van der Waals surface area contributed by atoms with E-state index in [2.05, 4.69) is 31.3 Å². The Kier molecular flexibility index (Phi) is 5.10. The highest BCUT2D eigenvalue weighted by atomic mass is 16.1. The van der Waals surface area contributed by atoms with Gasteiger partial charge < -0.3 is 10.6 Å². The van der Waals surface area contributed by atoms with Crippen molar-refractivity contribution >= 4 is 12.3 Å². The number of hydrogen-bond donors (Lipinski definition) is 3. The molecule has 0 aliphatic rings. The van der Waals surface area contributed by atoms with Gasteiger partial charge >= 0.3 is 0 Å². The molecule has 2 amide bonds. The second-order valence-electron chi connectivity index (χ2n) is 5.32. The maximum atomic E-state index is 12.3. The Bertz CT molecular complexity index is 863. The van der Waals surface area contributed by atoms with Gasteiger partial charge in [-0.15, -0.1) is 10.2 Å². The van der Waals surface area contributed by atoms with Crippen LogP contribution in [0.4, 0.5) is 0 Å². The fraction of sp³-hybridized carbons (Fsp3) is 0.118. The topological polar surface area (TPSA) is 113 Å². The van der Waals surface area contributed by atoms with Crippen molar-refractivity contribution in [2.24, 2.45) is 0 Å². The highest BCUT2D eigenvalue weighted by Crippen LogP contribution is 2.15. The number of hydrogen-bond acceptors (Lipinski definition) is 5. The molecular weight excluding hydrogens is 320 g/mol. The minimum atomic E-state index is -0.182. The molecule has 126 valence electrons. The molecule has 8 heteroatoms. The van der Waals surface area contributed by atoms with E-state index in [1.165, 1.54) is 0 Å². The lowest BCUT2D eigenvalue weighted by atomic mass is 10.1. The molecule has 0 saturated heterocycles. The van der Waals surface area contributed by atoms with E-state index in [4.69, 9.17) is 0 Å². The van der Waals surface area contributed by atoms with Gasteiger partial charge in [0.05, 0.1) is 0 Å². The smallest absolute Gasteiger partial charge is 0.251 e. The van der Waals surface area contributed by atoms with E-state index in [0.29, 0.717) is 30.9 Å². The number of H-pyrrole nitrogens is 1. The fourth-order valence-corrected chi connectivity index (χ4v) is 2.37. The van der Waals surface area contributed by atoms with Crippen LogP contribution in [-0.4, -0.2) is 32.9 Å². The molecule has 3 aromatic rings. The zero-order valence-corrected chi connectivity index (χ0v) is 13.3. The van der Waals surface area contributed by atoms with Crippen molar-refractivity contribution in [3.8, 4) is 11.4 Å². The first-order valence-corrected chi connectivity index (χ1v) is 7.63. The molecule has 0 atom stereocenters. The van der Waals surface area contributed by atoms with Gasteiger partial charge in [-0.2, -0.15) is 5.21 Å². The first kappa shape index (κ1) is 16.3. The van der Waals surface area contributed by atoms with Gasteiger partial charge in [0.1, 0.15) is 0 Å². The van der Waals surface area contributed by atoms with E-state index < -0.39 is 0 Å². The maximum absolute atomic E-state index is 12.3. The van der Waals surface area contributed by atoms with Crippen molar-refractivity contribution in [1.82, 2.24) is 31.3 Å². The van der Waals surface area contributed by atoms with Gasteiger partial charge in [0.15, 0.2) is 0 Å². The van der Waals surface area contributed by atoms with E-state index in [1.54, 1.807) is 18.2 Å². The number of aromatic amines is 1. The Balaban J connectivity index is 1.64. The van der Waals surface area contributed by atoms with Crippen LogP contribution in [0.2, 0.25) is 0 Å². The number of nitrogens with zero attached hydrogens (tertiary/aromatic N) is 3. The summed E-state index contributed by atoms with van der Waals surface area (Å²) < 4.78 is 0. The van der Waals surface area contributed by atoms with Gasteiger partial charge in [-0.25, -0.2) is 0 Å². The number of tetrazole rings is 1. The quantitative estimate of drug-likeness (QED) is 0.558. The second kappa shape index (κ2) is 7.82. The van der Waals surface area contributed by atoms with Crippen LogP contribution in [0.15, 0.2) is 48.5 Å². The zero-order valence-electron chi connectivity index (χ0n) is 13.3. The standard InChI is InChI=1S/C17H16N6O2/c24-11-18-9-12-3-2-6-15(8-12)17(25)19-10-13-4-1-5-14(7-13)16-20-22-23-21-16/h1-8,11H,9-10H2,(H,18,24)(H,19,25)(H,20,21,22,23). The van der Waals surface area contributed by atoms with E-state index in [0.717, 1.165) is 16.7 Å². The highest BCUT2D eigenvalue weighted by molar-refractivity contribution is 5.94. The van der Waals surface area contributed by atoms with Crippen LogP contribution in [0.5, 0.6) is 0 Å². The summed E-state index contributed by atoms with van der Waals surface area (Å²) in [6.45, 7) is 0.763. The monoisotopic (exact) mass is 336 g/mol. The minimum absolute atomic E-state index is 0.182. The van der Waals surface area contributed by atoms with Gasteiger partial charge in [-0.05, 0) is 34.5 Å². The molecule has 0 saturated carbocycles. The van der Waals surface area contributed by atoms with Crippen molar-refractivity contribution in [2.45, 2.75) is 13.1 Å². The maximum Gasteiger partial charge on any atom is 0.251 e. The predicted molar refractivity (Wildman–Crippen MR) is 90.1 cm³/mol. The number of amides is 2. The molecule has 3 N–H and O–H groups in total. The number of carbonyl (C=O) groups is 2. The van der Waals surface area contributed by atoms with Crippen LogP contribution in [0.25, 0.3) is 11.4 Å². The number of aromatic nitrogens is 4. The molecule has 3 rings (SSSR count). The molecule has 0 spiro atoms. The van der Waals surface area contributed by atoms with Crippen LogP contribution in [0, 0.1) is 0 Å². The van der Waals surface area contributed by atoms with E-state index in [1.807, 2.05) is 30.3 Å². The van der Waals surface area contributed by atoms with Crippen LogP contribution in [0.3, 0.4) is 0 Å². The van der Waals surface area contributed by atoms with Crippen LogP contribution >= 0.6 is 0 Å². The Labute approximate surface area is 143 Å². The summed E-state index contributed by atoms with van der Waals surface area (Å²) in [6, 6.07) is 14.7. The fourth-order valence-electron chi connectivity index (χ4n) is 2.37. The molecule has 2 aromatic carbocycles. The molecule has 1 aromatic heterocycles. The van der Waals surface area contributed by atoms with E-state index in [9.17, 15) is 9.59 Å². The molecule has 0 aliphatic carbocycles. The van der Waals surface area contributed by atoms with Gasteiger partial charge in [0, 0.05) is 24.2 Å². The lowest BCUT2D eigenvalue weighted by Gasteiger charge is -2.08. The van der Waals surface area contributed by atoms with Crippen LogP contribution < -0.4 is 10.6 Å². The lowest BCUT2D eigenvalue weighted by Crippen LogP contribution is -2.23. The van der Waals surface area contributed by atoms with Gasteiger partial charge in [0.2, 0.25) is 12.2 Å². The summed E-state index contributed by atoms with van der Waals surface area (Å²) in [6.07, 6.45) is 0.628. The SMILES string of the molecule is O=CNCc1cccc(C(=O)NCc2cccc(-c3nn[nH]n3)c2)c1. The third-order valence-corrected chi connectivity index (χ3v) is 3.56. The first-order valence-electron chi connectivity index (χ1n) is 7.63. The predicted octanol–water partition coefficient (Wildman–Crippen LogP) is 1.04. The van der Waals surface area contributed by atoms with Gasteiger partial charge in [-0.1, -0.05) is 30.3 Å². The highest BCUT2D eigenvalue weighted by Gasteiger charge is 2.08. The molecule has 25 heavy (non-hydrogen) atoms. The second-order valence-corrected chi connectivity index (χ2v) is 5.32. The number of carbonyl (C=O) groups excluding carboxylic acids is 2. The average Bonchev–Trinajstić information content (AvgIpc) is 3.20. The minimum Gasteiger partial charge on any atom is -0.355 e. The summed E-state index contributed by atoms with van der Waals surface area (Å²) in [7, 11) is 0. The van der Waals surface area contributed by atoms with Crippen LogP contribution in [-0.2, 0) is 17.9 Å². The summed E-state index contributed by atoms with van der Waals surface area (Å²) in [4.78, 5) is 22.7. The lowest BCUT2D eigenvalue weighted by molar-refractivity contribution is -0.109. The first-order chi connectivity index (χ1) is 12.3. The third-order valence-electron chi connectivity index (χ3n) is 3.56. The molecular formula is C17H16N6O2. The molecule has 1 heterocycles. The van der Waals surface area contributed by atoms with Gasteiger partial charge in [-0.3, -0.25) is 9.59 Å². The molecule has 0 aliphatic heterocycles.